The lowest BCUT2D eigenvalue weighted by Crippen LogP contribution is -2.18. The largest absolute Gasteiger partial charge is 0.397 e. The molecule has 4 heteroatoms. The third-order valence-corrected chi connectivity index (χ3v) is 3.11. The van der Waals surface area contributed by atoms with Crippen molar-refractivity contribution in [3.63, 3.8) is 0 Å². The lowest BCUT2D eigenvalue weighted by atomic mass is 10.1. The van der Waals surface area contributed by atoms with Crippen molar-refractivity contribution < 1.29 is 4.79 Å². The highest BCUT2D eigenvalue weighted by molar-refractivity contribution is 5.96. The van der Waals surface area contributed by atoms with Crippen LogP contribution < -0.4 is 16.4 Å². The molecule has 4 nitrogen and oxygen atoms in total. The minimum atomic E-state index is -0.0877. The summed E-state index contributed by atoms with van der Waals surface area (Å²) in [5, 5.41) is 5.90. The molecule has 0 aliphatic heterocycles. The van der Waals surface area contributed by atoms with Crippen molar-refractivity contribution in [3.05, 3.63) is 23.8 Å². The molecule has 4 N–H and O–H groups in total. The normalized spacial score (nSPS) is 14.4. The first-order valence-electron chi connectivity index (χ1n) is 6.06. The van der Waals surface area contributed by atoms with E-state index in [-0.39, 0.29) is 5.91 Å². The van der Waals surface area contributed by atoms with E-state index in [1.807, 2.05) is 0 Å². The highest BCUT2D eigenvalue weighted by Gasteiger charge is 2.20. The number of rotatable bonds is 5. The molecular formula is C13H19N3O. The lowest BCUT2D eigenvalue weighted by molar-refractivity contribution is 0.0963. The van der Waals surface area contributed by atoms with Crippen molar-refractivity contribution in [2.75, 3.05) is 24.6 Å². The Morgan fingerprint density at radius 1 is 1.47 bits per heavy atom. The van der Waals surface area contributed by atoms with E-state index < -0.39 is 0 Å². The maximum absolute atomic E-state index is 11.5. The molecule has 0 unspecified atom stereocenters. The van der Waals surface area contributed by atoms with Crippen LogP contribution in [0.5, 0.6) is 0 Å². The molecule has 1 aliphatic carbocycles. The average molecular weight is 233 g/mol. The number of amides is 1. The Morgan fingerprint density at radius 3 is 2.88 bits per heavy atom. The molecule has 0 spiro atoms. The molecule has 17 heavy (non-hydrogen) atoms. The maximum atomic E-state index is 11.5. The third kappa shape index (κ3) is 3.12. The standard InChI is InChI=1S/C13H19N3O/c1-15-13(17)10-4-5-11(14)12(8-10)16-7-6-9-2-3-9/h4-5,8-9,16H,2-3,6-7,14H2,1H3,(H,15,17). The quantitative estimate of drug-likeness (QED) is 0.680. The van der Waals surface area contributed by atoms with Crippen LogP contribution in [0.15, 0.2) is 18.2 Å². The van der Waals surface area contributed by atoms with Gasteiger partial charge in [-0.15, -0.1) is 0 Å². The van der Waals surface area contributed by atoms with Gasteiger partial charge in [0, 0.05) is 19.2 Å². The summed E-state index contributed by atoms with van der Waals surface area (Å²) >= 11 is 0. The Morgan fingerprint density at radius 2 is 2.24 bits per heavy atom. The monoisotopic (exact) mass is 233 g/mol. The van der Waals surface area contributed by atoms with Crippen molar-refractivity contribution in [2.24, 2.45) is 5.92 Å². The minimum Gasteiger partial charge on any atom is -0.397 e. The molecule has 0 atom stereocenters. The van der Waals surface area contributed by atoms with E-state index >= 15 is 0 Å². The summed E-state index contributed by atoms with van der Waals surface area (Å²) in [6, 6.07) is 5.31. The van der Waals surface area contributed by atoms with Gasteiger partial charge in [-0.1, -0.05) is 12.8 Å². The first-order valence-corrected chi connectivity index (χ1v) is 6.06. The Kier molecular flexibility index (Phi) is 3.52. The molecule has 1 fully saturated rings. The van der Waals surface area contributed by atoms with E-state index in [0.29, 0.717) is 11.3 Å². The Balaban J connectivity index is 2.00. The fourth-order valence-corrected chi connectivity index (χ4v) is 1.81. The molecule has 1 aliphatic rings. The molecule has 92 valence electrons. The molecule has 1 aromatic rings. The molecule has 1 amide bonds. The van der Waals surface area contributed by atoms with Crippen molar-refractivity contribution in [1.29, 1.82) is 0 Å². The van der Waals surface area contributed by atoms with Gasteiger partial charge in [0.25, 0.3) is 5.91 Å². The average Bonchev–Trinajstić information content (AvgIpc) is 3.14. The number of carbonyl (C=O) groups excluding carboxylic acids is 1. The van der Waals surface area contributed by atoms with Crippen molar-refractivity contribution in [3.8, 4) is 0 Å². The number of nitrogens with one attached hydrogen (secondary N) is 2. The van der Waals surface area contributed by atoms with Crippen LogP contribution in [0.1, 0.15) is 29.6 Å². The first kappa shape index (κ1) is 11.8. The van der Waals surface area contributed by atoms with Crippen LogP contribution in [0.3, 0.4) is 0 Å². The van der Waals surface area contributed by atoms with Crippen LogP contribution >= 0.6 is 0 Å². The Bertz CT molecular complexity index is 413. The van der Waals surface area contributed by atoms with Crippen LogP contribution in [-0.4, -0.2) is 19.5 Å². The summed E-state index contributed by atoms with van der Waals surface area (Å²) in [4.78, 5) is 11.5. The van der Waals surface area contributed by atoms with Crippen LogP contribution in [0.25, 0.3) is 0 Å². The summed E-state index contributed by atoms with van der Waals surface area (Å²) in [5.74, 6) is 0.807. The van der Waals surface area contributed by atoms with E-state index in [1.165, 1.54) is 19.3 Å². The van der Waals surface area contributed by atoms with Gasteiger partial charge in [-0.25, -0.2) is 0 Å². The number of benzene rings is 1. The highest BCUT2D eigenvalue weighted by Crippen LogP contribution is 2.32. The lowest BCUT2D eigenvalue weighted by Gasteiger charge is -2.10. The summed E-state index contributed by atoms with van der Waals surface area (Å²) < 4.78 is 0. The molecule has 1 saturated carbocycles. The van der Waals surface area contributed by atoms with E-state index in [9.17, 15) is 4.79 Å². The number of hydrogen-bond donors (Lipinski definition) is 3. The Hall–Kier alpha value is -1.71. The van der Waals surface area contributed by atoms with Gasteiger partial charge >= 0.3 is 0 Å². The summed E-state index contributed by atoms with van der Waals surface area (Å²) in [7, 11) is 1.62. The third-order valence-electron chi connectivity index (χ3n) is 3.11. The topological polar surface area (TPSA) is 67.2 Å². The van der Waals surface area contributed by atoms with Gasteiger partial charge in [-0.3, -0.25) is 4.79 Å². The molecule has 0 saturated heterocycles. The van der Waals surface area contributed by atoms with Gasteiger partial charge in [-0.2, -0.15) is 0 Å². The second-order valence-corrected chi connectivity index (χ2v) is 4.54. The maximum Gasteiger partial charge on any atom is 0.251 e. The van der Waals surface area contributed by atoms with E-state index in [2.05, 4.69) is 10.6 Å². The number of hydrogen-bond acceptors (Lipinski definition) is 3. The van der Waals surface area contributed by atoms with Gasteiger partial charge < -0.3 is 16.4 Å². The van der Waals surface area contributed by atoms with Gasteiger partial charge in [0.1, 0.15) is 0 Å². The van der Waals surface area contributed by atoms with Gasteiger partial charge in [0.2, 0.25) is 0 Å². The fourth-order valence-electron chi connectivity index (χ4n) is 1.81. The molecule has 1 aromatic carbocycles. The molecule has 2 rings (SSSR count). The van der Waals surface area contributed by atoms with Gasteiger partial charge in [0.05, 0.1) is 11.4 Å². The zero-order chi connectivity index (χ0) is 12.3. The summed E-state index contributed by atoms with van der Waals surface area (Å²) in [6.07, 6.45) is 3.90. The minimum absolute atomic E-state index is 0.0877. The smallest absolute Gasteiger partial charge is 0.251 e. The van der Waals surface area contributed by atoms with Crippen LogP contribution in [0, 0.1) is 5.92 Å². The Labute approximate surface area is 102 Å². The van der Waals surface area contributed by atoms with E-state index in [0.717, 1.165) is 18.2 Å². The van der Waals surface area contributed by atoms with Crippen LogP contribution in [0.4, 0.5) is 11.4 Å². The van der Waals surface area contributed by atoms with E-state index in [4.69, 9.17) is 5.73 Å². The zero-order valence-electron chi connectivity index (χ0n) is 10.1. The number of anilines is 2. The SMILES string of the molecule is CNC(=O)c1ccc(N)c(NCCC2CC2)c1. The second-order valence-electron chi connectivity index (χ2n) is 4.54. The molecule has 0 heterocycles. The van der Waals surface area contributed by atoms with Gasteiger partial charge in [-0.05, 0) is 30.5 Å². The predicted octanol–water partition coefficient (Wildman–Crippen LogP) is 1.84. The van der Waals surface area contributed by atoms with Gasteiger partial charge in [0.15, 0.2) is 0 Å². The highest BCUT2D eigenvalue weighted by atomic mass is 16.1. The second kappa shape index (κ2) is 5.08. The fraction of sp³-hybridized carbons (Fsp3) is 0.462. The van der Waals surface area contributed by atoms with Crippen LogP contribution in [-0.2, 0) is 0 Å². The number of nitrogen functional groups attached to an aromatic ring is 1. The summed E-state index contributed by atoms with van der Waals surface area (Å²) in [5.41, 5.74) is 8.05. The van der Waals surface area contributed by atoms with Crippen molar-refractivity contribution in [1.82, 2.24) is 5.32 Å². The molecule has 0 radical (unpaired) electrons. The van der Waals surface area contributed by atoms with Crippen LogP contribution in [0.2, 0.25) is 0 Å². The molecule has 0 aromatic heterocycles. The number of nitrogens with two attached hydrogens (primary N) is 1. The molecular weight excluding hydrogens is 214 g/mol. The molecule has 0 bridgehead atoms. The first-order chi connectivity index (χ1) is 8.20. The number of carbonyl (C=O) groups is 1. The zero-order valence-corrected chi connectivity index (χ0v) is 10.1. The summed E-state index contributed by atoms with van der Waals surface area (Å²) in [6.45, 7) is 0.923. The predicted molar refractivity (Wildman–Crippen MR) is 70.1 cm³/mol. The van der Waals surface area contributed by atoms with E-state index in [1.54, 1.807) is 25.2 Å². The van der Waals surface area contributed by atoms with Crippen molar-refractivity contribution in [2.45, 2.75) is 19.3 Å². The van der Waals surface area contributed by atoms with Crippen molar-refractivity contribution >= 4 is 17.3 Å².